The Hall–Kier alpha value is -2.67. The third kappa shape index (κ3) is 4.06. The van der Waals surface area contributed by atoms with Gasteiger partial charge in [-0.1, -0.05) is 17.4 Å². The first kappa shape index (κ1) is 17.2. The number of nitrogens with zero attached hydrogens (tertiary/aromatic N) is 1. The van der Waals surface area contributed by atoms with Crippen LogP contribution in [0.2, 0.25) is 0 Å². The monoisotopic (exact) mass is 360 g/mol. The molecule has 0 spiro atoms. The molecule has 5 nitrogen and oxygen atoms in total. The van der Waals surface area contributed by atoms with Crippen molar-refractivity contribution in [2.75, 3.05) is 19.5 Å². The minimum atomic E-state index is -0.317. The van der Waals surface area contributed by atoms with Crippen LogP contribution >= 0.6 is 11.3 Å². The van der Waals surface area contributed by atoms with E-state index in [-0.39, 0.29) is 11.7 Å². The van der Waals surface area contributed by atoms with Crippen LogP contribution in [0.25, 0.3) is 10.2 Å². The maximum absolute atomic E-state index is 13.2. The molecular weight excluding hydrogens is 343 g/mol. The Morgan fingerprint density at radius 2 is 1.96 bits per heavy atom. The summed E-state index contributed by atoms with van der Waals surface area (Å²) in [6.45, 7) is 0. The van der Waals surface area contributed by atoms with E-state index in [0.717, 1.165) is 5.56 Å². The second-order valence-electron chi connectivity index (χ2n) is 5.37. The number of anilines is 1. The topological polar surface area (TPSA) is 60.5 Å². The van der Waals surface area contributed by atoms with Gasteiger partial charge < -0.3 is 14.8 Å². The summed E-state index contributed by atoms with van der Waals surface area (Å²) in [4.78, 5) is 16.4. The molecule has 0 radical (unpaired) electrons. The molecule has 7 heteroatoms. The fourth-order valence-electron chi connectivity index (χ4n) is 2.43. The summed E-state index contributed by atoms with van der Waals surface area (Å²) >= 11 is 1.25. The van der Waals surface area contributed by atoms with Gasteiger partial charge in [0.15, 0.2) is 16.6 Å². The van der Waals surface area contributed by atoms with Gasteiger partial charge in [-0.3, -0.25) is 4.79 Å². The number of hydrogen-bond acceptors (Lipinski definition) is 5. The minimum absolute atomic E-state index is 0.144. The molecule has 1 heterocycles. The second kappa shape index (κ2) is 7.48. The zero-order valence-corrected chi connectivity index (χ0v) is 14.7. The average molecular weight is 360 g/mol. The largest absolute Gasteiger partial charge is 0.493 e. The fraction of sp³-hybridized carbons (Fsp3) is 0.222. The number of carbonyl (C=O) groups excluding carboxylic acids is 1. The number of rotatable bonds is 6. The van der Waals surface area contributed by atoms with E-state index in [9.17, 15) is 9.18 Å². The predicted molar refractivity (Wildman–Crippen MR) is 96.1 cm³/mol. The number of fused-ring (bicyclic) bond motifs is 1. The maximum atomic E-state index is 13.2. The molecular formula is C18H17FN2O3S. The standard InChI is InChI=1S/C18H17FN2O3S/c1-23-14-7-3-11(9-15(14)24-2)4-8-17(22)21-18-20-13-6-5-12(19)10-16(13)25-18/h3,5-7,9-10H,4,8H2,1-2H3,(H,20,21,22). The molecule has 0 unspecified atom stereocenters. The molecule has 0 bridgehead atoms. The lowest BCUT2D eigenvalue weighted by molar-refractivity contribution is -0.116. The lowest BCUT2D eigenvalue weighted by atomic mass is 10.1. The van der Waals surface area contributed by atoms with Crippen LogP contribution in [0, 0.1) is 5.82 Å². The highest BCUT2D eigenvalue weighted by Crippen LogP contribution is 2.29. The number of halogens is 1. The van der Waals surface area contributed by atoms with Crippen molar-refractivity contribution in [3.8, 4) is 11.5 Å². The Morgan fingerprint density at radius 3 is 2.72 bits per heavy atom. The van der Waals surface area contributed by atoms with Crippen molar-refractivity contribution < 1.29 is 18.7 Å². The fourth-order valence-corrected chi connectivity index (χ4v) is 3.33. The molecule has 2 aromatic carbocycles. The molecule has 0 aliphatic rings. The molecule has 130 valence electrons. The molecule has 1 N–H and O–H groups in total. The molecule has 0 aliphatic carbocycles. The third-order valence-corrected chi connectivity index (χ3v) is 4.62. The van der Waals surface area contributed by atoms with Crippen molar-refractivity contribution in [2.24, 2.45) is 0 Å². The summed E-state index contributed by atoms with van der Waals surface area (Å²) in [5.74, 6) is 0.822. The van der Waals surface area contributed by atoms with Gasteiger partial charge in [0, 0.05) is 6.42 Å². The number of carbonyl (C=O) groups is 1. The Balaban J connectivity index is 1.62. The van der Waals surface area contributed by atoms with Crippen molar-refractivity contribution in [3.63, 3.8) is 0 Å². The lowest BCUT2D eigenvalue weighted by Gasteiger charge is -2.09. The van der Waals surface area contributed by atoms with Gasteiger partial charge in [-0.25, -0.2) is 9.37 Å². The van der Waals surface area contributed by atoms with Crippen molar-refractivity contribution in [2.45, 2.75) is 12.8 Å². The molecule has 1 amide bonds. The van der Waals surface area contributed by atoms with Gasteiger partial charge >= 0.3 is 0 Å². The maximum Gasteiger partial charge on any atom is 0.226 e. The zero-order valence-electron chi connectivity index (χ0n) is 13.8. The molecule has 0 saturated heterocycles. The Kier molecular flexibility index (Phi) is 5.14. The Labute approximate surface area is 148 Å². The van der Waals surface area contributed by atoms with Crippen LogP contribution in [-0.4, -0.2) is 25.1 Å². The first-order valence-electron chi connectivity index (χ1n) is 7.66. The van der Waals surface area contributed by atoms with E-state index in [0.29, 0.717) is 39.7 Å². The van der Waals surface area contributed by atoms with Gasteiger partial charge in [0.25, 0.3) is 0 Å². The highest BCUT2D eigenvalue weighted by Gasteiger charge is 2.10. The van der Waals surface area contributed by atoms with Crippen LogP contribution in [0.4, 0.5) is 9.52 Å². The Bertz CT molecular complexity index is 910. The van der Waals surface area contributed by atoms with Gasteiger partial charge in [0.1, 0.15) is 5.82 Å². The van der Waals surface area contributed by atoms with Crippen LogP contribution < -0.4 is 14.8 Å². The average Bonchev–Trinajstić information content (AvgIpc) is 3.00. The summed E-state index contributed by atoms with van der Waals surface area (Å²) in [5.41, 5.74) is 1.64. The van der Waals surface area contributed by atoms with E-state index in [1.165, 1.54) is 23.5 Å². The quantitative estimate of drug-likeness (QED) is 0.721. The van der Waals surface area contributed by atoms with Crippen LogP contribution in [0.5, 0.6) is 11.5 Å². The van der Waals surface area contributed by atoms with E-state index in [1.807, 2.05) is 18.2 Å². The smallest absolute Gasteiger partial charge is 0.226 e. The highest BCUT2D eigenvalue weighted by atomic mass is 32.1. The number of nitrogens with one attached hydrogen (secondary N) is 1. The van der Waals surface area contributed by atoms with Crippen LogP contribution in [0.3, 0.4) is 0 Å². The number of ether oxygens (including phenoxy) is 2. The van der Waals surface area contributed by atoms with E-state index in [2.05, 4.69) is 10.3 Å². The van der Waals surface area contributed by atoms with E-state index < -0.39 is 0 Å². The van der Waals surface area contributed by atoms with Crippen molar-refractivity contribution in [1.29, 1.82) is 0 Å². The minimum Gasteiger partial charge on any atom is -0.493 e. The number of aryl methyl sites for hydroxylation is 1. The van der Waals surface area contributed by atoms with Crippen molar-refractivity contribution in [3.05, 3.63) is 47.8 Å². The van der Waals surface area contributed by atoms with Gasteiger partial charge in [-0.15, -0.1) is 0 Å². The van der Waals surface area contributed by atoms with E-state index in [4.69, 9.17) is 9.47 Å². The summed E-state index contributed by atoms with van der Waals surface area (Å²) < 4.78 is 24.4. The number of benzene rings is 2. The summed E-state index contributed by atoms with van der Waals surface area (Å²) in [6, 6.07) is 9.92. The SMILES string of the molecule is COc1ccc(CCC(=O)Nc2nc3ccc(F)cc3s2)cc1OC. The molecule has 0 fully saturated rings. The number of methoxy groups -OCH3 is 2. The Morgan fingerprint density at radius 1 is 1.16 bits per heavy atom. The zero-order chi connectivity index (χ0) is 17.8. The second-order valence-corrected chi connectivity index (χ2v) is 6.40. The number of hydrogen-bond donors (Lipinski definition) is 1. The van der Waals surface area contributed by atoms with Crippen LogP contribution in [0.15, 0.2) is 36.4 Å². The number of amides is 1. The molecule has 0 aliphatic heterocycles. The predicted octanol–water partition coefficient (Wildman–Crippen LogP) is 4.02. The first-order chi connectivity index (χ1) is 12.1. The third-order valence-electron chi connectivity index (χ3n) is 3.69. The van der Waals surface area contributed by atoms with Gasteiger partial charge in [0.2, 0.25) is 5.91 Å². The van der Waals surface area contributed by atoms with E-state index >= 15 is 0 Å². The molecule has 25 heavy (non-hydrogen) atoms. The van der Waals surface area contributed by atoms with Crippen LogP contribution in [-0.2, 0) is 11.2 Å². The summed E-state index contributed by atoms with van der Waals surface area (Å²) in [7, 11) is 3.15. The van der Waals surface area contributed by atoms with E-state index in [1.54, 1.807) is 20.3 Å². The van der Waals surface area contributed by atoms with Crippen LogP contribution in [0.1, 0.15) is 12.0 Å². The molecule has 3 aromatic rings. The van der Waals surface area contributed by atoms with Gasteiger partial charge in [0.05, 0.1) is 24.4 Å². The normalized spacial score (nSPS) is 10.7. The molecule has 0 atom stereocenters. The number of aromatic nitrogens is 1. The summed E-state index contributed by atoms with van der Waals surface area (Å²) in [5, 5.41) is 3.23. The first-order valence-corrected chi connectivity index (χ1v) is 8.47. The van der Waals surface area contributed by atoms with Crippen molar-refractivity contribution in [1.82, 2.24) is 4.98 Å². The van der Waals surface area contributed by atoms with Gasteiger partial charge in [-0.2, -0.15) is 0 Å². The van der Waals surface area contributed by atoms with Crippen molar-refractivity contribution >= 4 is 32.6 Å². The number of thiazole rings is 1. The lowest BCUT2D eigenvalue weighted by Crippen LogP contribution is -2.12. The molecule has 3 rings (SSSR count). The molecule has 1 aromatic heterocycles. The van der Waals surface area contributed by atoms with Gasteiger partial charge in [-0.05, 0) is 42.3 Å². The molecule has 0 saturated carbocycles. The summed E-state index contributed by atoms with van der Waals surface area (Å²) in [6.07, 6.45) is 0.867. The highest BCUT2D eigenvalue weighted by molar-refractivity contribution is 7.22.